The van der Waals surface area contributed by atoms with E-state index >= 15 is 0 Å². The van der Waals surface area contributed by atoms with Crippen LogP contribution in [-0.4, -0.2) is 74.5 Å². The van der Waals surface area contributed by atoms with Gasteiger partial charge in [0.25, 0.3) is 0 Å². The first-order valence-electron chi connectivity index (χ1n) is 12.5. The highest BCUT2D eigenvalue weighted by molar-refractivity contribution is 7.88. The molecule has 1 saturated heterocycles. The molecule has 5 rings (SSSR count). The zero-order valence-corrected chi connectivity index (χ0v) is 22.0. The number of nitrogens with one attached hydrogen (secondary N) is 1. The second kappa shape index (κ2) is 9.84. The average Bonchev–Trinajstić information content (AvgIpc) is 3.31. The van der Waals surface area contributed by atoms with Gasteiger partial charge >= 0.3 is 0 Å². The van der Waals surface area contributed by atoms with Crippen LogP contribution in [-0.2, 0) is 14.8 Å². The van der Waals surface area contributed by atoms with E-state index in [4.69, 9.17) is 0 Å². The van der Waals surface area contributed by atoms with Gasteiger partial charge in [0.2, 0.25) is 16.4 Å². The number of benzene rings is 2. The number of aromatic amines is 1. The number of amides is 1. The number of anilines is 1. The van der Waals surface area contributed by atoms with Crippen molar-refractivity contribution in [2.24, 2.45) is 0 Å². The van der Waals surface area contributed by atoms with Crippen molar-refractivity contribution in [1.29, 1.82) is 0 Å². The first kappa shape index (κ1) is 24.7. The summed E-state index contributed by atoms with van der Waals surface area (Å²) in [7, 11) is -1.05. The molecular formula is C28H34N4O3S. The van der Waals surface area contributed by atoms with Crippen LogP contribution in [0.1, 0.15) is 30.5 Å². The third-order valence-corrected chi connectivity index (χ3v) is 8.99. The molecule has 3 aromatic rings. The van der Waals surface area contributed by atoms with Gasteiger partial charge in [-0.1, -0.05) is 30.3 Å². The molecule has 0 aliphatic carbocycles. The van der Waals surface area contributed by atoms with E-state index in [0.29, 0.717) is 19.5 Å². The molecule has 1 aromatic heterocycles. The predicted molar refractivity (Wildman–Crippen MR) is 147 cm³/mol. The summed E-state index contributed by atoms with van der Waals surface area (Å²) in [5.74, 6) is 0. The minimum absolute atomic E-state index is 0.215. The Balaban J connectivity index is 1.50. The number of hydrogen-bond donors (Lipinski definition) is 1. The van der Waals surface area contributed by atoms with Crippen LogP contribution in [0.4, 0.5) is 5.69 Å². The van der Waals surface area contributed by atoms with E-state index in [1.165, 1.54) is 10.6 Å². The monoisotopic (exact) mass is 506 g/mol. The van der Waals surface area contributed by atoms with Crippen molar-refractivity contribution in [3.63, 3.8) is 0 Å². The molecule has 0 saturated carbocycles. The Bertz CT molecular complexity index is 1420. The van der Waals surface area contributed by atoms with Gasteiger partial charge in [-0.3, -0.25) is 4.79 Å². The number of nitrogens with zero attached hydrogens (tertiary/aromatic N) is 3. The van der Waals surface area contributed by atoms with Crippen LogP contribution in [0.25, 0.3) is 27.6 Å². The third-order valence-electron chi connectivity index (χ3n) is 7.72. The van der Waals surface area contributed by atoms with E-state index < -0.39 is 10.0 Å². The van der Waals surface area contributed by atoms with E-state index in [1.54, 1.807) is 0 Å². The van der Waals surface area contributed by atoms with Crippen LogP contribution in [0, 0.1) is 6.92 Å². The Morgan fingerprint density at radius 3 is 2.44 bits per heavy atom. The van der Waals surface area contributed by atoms with E-state index in [0.717, 1.165) is 76.9 Å². The molecule has 1 fully saturated rings. The number of H-pyrrole nitrogens is 1. The number of fused-ring (bicyclic) bond motifs is 1. The predicted octanol–water partition coefficient (Wildman–Crippen LogP) is 4.25. The van der Waals surface area contributed by atoms with Crippen molar-refractivity contribution in [1.82, 2.24) is 14.2 Å². The second-order valence-corrected chi connectivity index (χ2v) is 12.0. The van der Waals surface area contributed by atoms with Crippen molar-refractivity contribution >= 4 is 38.6 Å². The number of carbonyl (C=O) groups excluding carboxylic acids is 1. The quantitative estimate of drug-likeness (QED) is 0.507. The number of carbonyl (C=O) groups is 1. The lowest BCUT2D eigenvalue weighted by Gasteiger charge is -2.36. The zero-order chi connectivity index (χ0) is 25.4. The van der Waals surface area contributed by atoms with Gasteiger partial charge in [0.15, 0.2) is 0 Å². The molecule has 0 radical (unpaired) electrons. The van der Waals surface area contributed by atoms with Gasteiger partial charge in [0.05, 0.1) is 6.26 Å². The Kier molecular flexibility index (Phi) is 6.76. The summed E-state index contributed by atoms with van der Waals surface area (Å²) < 4.78 is 25.3. The summed E-state index contributed by atoms with van der Waals surface area (Å²) in [5.41, 5.74) is 7.51. The summed E-state index contributed by atoms with van der Waals surface area (Å²) in [4.78, 5) is 20.0. The van der Waals surface area contributed by atoms with Gasteiger partial charge in [0.1, 0.15) is 0 Å². The Morgan fingerprint density at radius 2 is 1.78 bits per heavy atom. The number of likely N-dealkylation sites (tertiary alicyclic amines) is 1. The smallest absolute Gasteiger partial charge is 0.214 e. The zero-order valence-electron chi connectivity index (χ0n) is 21.2. The van der Waals surface area contributed by atoms with Gasteiger partial charge in [-0.05, 0) is 86.8 Å². The molecule has 0 atom stereocenters. The number of sulfonamides is 1. The lowest BCUT2D eigenvalue weighted by molar-refractivity contribution is -0.108. The Hall–Kier alpha value is -2.94. The standard InChI is InChI=1S/C28H34N4O3S/c1-20-23(6-5-9-28(20)32(19-33)22-12-14-30(2)15-13-22)24-7-4-8-26-25(24)18-27(29-26)21-10-16-31(17-11-21)36(3,34)35/h4-10,18-19,22,29H,11-17H2,1-3H3. The molecule has 2 aliphatic rings. The third kappa shape index (κ3) is 4.73. The van der Waals surface area contributed by atoms with Crippen molar-refractivity contribution in [2.75, 3.05) is 44.4 Å². The van der Waals surface area contributed by atoms with E-state index in [2.05, 4.69) is 60.3 Å². The molecule has 2 aliphatic heterocycles. The summed E-state index contributed by atoms with van der Waals surface area (Å²) in [5, 5.41) is 1.12. The lowest BCUT2D eigenvalue weighted by atomic mass is 9.94. The fourth-order valence-electron chi connectivity index (χ4n) is 5.57. The highest BCUT2D eigenvalue weighted by atomic mass is 32.2. The molecule has 7 nitrogen and oxygen atoms in total. The molecule has 0 unspecified atom stereocenters. The maximum absolute atomic E-state index is 12.2. The van der Waals surface area contributed by atoms with Crippen molar-refractivity contribution in [2.45, 2.75) is 32.2 Å². The normalized spacial score (nSPS) is 18.4. The van der Waals surface area contributed by atoms with Crippen molar-refractivity contribution < 1.29 is 13.2 Å². The number of rotatable bonds is 6. The topological polar surface area (TPSA) is 76.7 Å². The Labute approximate surface area is 213 Å². The SMILES string of the molecule is Cc1c(-c2cccc3[nH]c(C4=CCN(S(C)(=O)=O)CC4)cc23)cccc1N(C=O)C1CCN(C)CC1. The highest BCUT2D eigenvalue weighted by Crippen LogP contribution is 2.37. The number of aromatic nitrogens is 1. The molecule has 1 N–H and O–H groups in total. The maximum atomic E-state index is 12.2. The number of hydrogen-bond acceptors (Lipinski definition) is 4. The van der Waals surface area contributed by atoms with Crippen LogP contribution < -0.4 is 4.90 Å². The van der Waals surface area contributed by atoms with Crippen LogP contribution in [0.3, 0.4) is 0 Å². The number of piperidine rings is 1. The van der Waals surface area contributed by atoms with Gasteiger partial charge in [-0.2, -0.15) is 4.31 Å². The van der Waals surface area contributed by atoms with Crippen molar-refractivity contribution in [3.05, 3.63) is 59.8 Å². The molecular weight excluding hydrogens is 472 g/mol. The summed E-state index contributed by atoms with van der Waals surface area (Å²) in [6.07, 6.45) is 6.88. The maximum Gasteiger partial charge on any atom is 0.214 e. The highest BCUT2D eigenvalue weighted by Gasteiger charge is 2.25. The van der Waals surface area contributed by atoms with E-state index in [-0.39, 0.29) is 6.04 Å². The fourth-order valence-corrected chi connectivity index (χ4v) is 6.34. The summed E-state index contributed by atoms with van der Waals surface area (Å²) in [6.45, 7) is 4.99. The minimum Gasteiger partial charge on any atom is -0.355 e. The van der Waals surface area contributed by atoms with Gasteiger partial charge in [-0.15, -0.1) is 0 Å². The van der Waals surface area contributed by atoms with Gasteiger partial charge in [-0.25, -0.2) is 8.42 Å². The van der Waals surface area contributed by atoms with Crippen LogP contribution >= 0.6 is 0 Å². The lowest BCUT2D eigenvalue weighted by Crippen LogP contribution is -2.43. The first-order chi connectivity index (χ1) is 17.3. The van der Waals surface area contributed by atoms with E-state index in [1.807, 2.05) is 17.0 Å². The minimum atomic E-state index is -3.18. The molecule has 36 heavy (non-hydrogen) atoms. The van der Waals surface area contributed by atoms with Crippen LogP contribution in [0.5, 0.6) is 0 Å². The Morgan fingerprint density at radius 1 is 1.06 bits per heavy atom. The fraction of sp³-hybridized carbons (Fsp3) is 0.393. The van der Waals surface area contributed by atoms with Gasteiger partial charge in [0, 0.05) is 41.4 Å². The van der Waals surface area contributed by atoms with E-state index in [9.17, 15) is 13.2 Å². The molecule has 0 bridgehead atoms. The first-order valence-corrected chi connectivity index (χ1v) is 14.4. The summed E-state index contributed by atoms with van der Waals surface area (Å²) in [6, 6.07) is 14.9. The summed E-state index contributed by atoms with van der Waals surface area (Å²) >= 11 is 0. The largest absolute Gasteiger partial charge is 0.355 e. The second-order valence-electron chi connectivity index (χ2n) is 10.0. The molecule has 8 heteroatoms. The molecule has 2 aromatic carbocycles. The average molecular weight is 507 g/mol. The molecule has 3 heterocycles. The van der Waals surface area contributed by atoms with Crippen LogP contribution in [0.2, 0.25) is 0 Å². The molecule has 0 spiro atoms. The van der Waals surface area contributed by atoms with Crippen LogP contribution in [0.15, 0.2) is 48.5 Å². The molecule has 190 valence electrons. The van der Waals surface area contributed by atoms with Crippen molar-refractivity contribution in [3.8, 4) is 11.1 Å². The molecule has 1 amide bonds. The van der Waals surface area contributed by atoms with Gasteiger partial charge < -0.3 is 14.8 Å².